The number of carbonyl (C=O) groups is 1. The van der Waals surface area contributed by atoms with Gasteiger partial charge in [-0.15, -0.1) is 0 Å². The van der Waals surface area contributed by atoms with Crippen LogP contribution in [0.15, 0.2) is 18.2 Å². The Bertz CT molecular complexity index is 388. The Hall–Kier alpha value is -1.39. The van der Waals surface area contributed by atoms with Crippen LogP contribution in [0, 0.1) is 6.92 Å². The molecule has 0 fully saturated rings. The fourth-order valence-electron chi connectivity index (χ4n) is 1.61. The van der Waals surface area contributed by atoms with Crippen molar-refractivity contribution in [2.24, 2.45) is 5.73 Å². The zero-order valence-corrected chi connectivity index (χ0v) is 10.8. The monoisotopic (exact) mass is 235 g/mol. The highest BCUT2D eigenvalue weighted by atomic mass is 16.1. The van der Waals surface area contributed by atoms with Crippen molar-refractivity contribution in [3.8, 4) is 0 Å². The molecule has 1 aromatic rings. The van der Waals surface area contributed by atoms with Crippen molar-refractivity contribution >= 4 is 11.6 Å². The van der Waals surface area contributed by atoms with E-state index in [0.29, 0.717) is 13.0 Å². The molecular formula is C13H21N3O. The van der Waals surface area contributed by atoms with E-state index in [-0.39, 0.29) is 5.91 Å². The molecule has 4 nitrogen and oxygen atoms in total. The van der Waals surface area contributed by atoms with Crippen molar-refractivity contribution < 1.29 is 4.79 Å². The lowest BCUT2D eigenvalue weighted by molar-refractivity contribution is -0.116. The van der Waals surface area contributed by atoms with E-state index in [1.165, 1.54) is 5.56 Å². The minimum Gasteiger partial charge on any atom is -0.330 e. The van der Waals surface area contributed by atoms with Crippen molar-refractivity contribution in [1.82, 2.24) is 4.90 Å². The van der Waals surface area contributed by atoms with Gasteiger partial charge in [0, 0.05) is 25.2 Å². The number of nitrogens with one attached hydrogen (secondary N) is 1. The molecule has 0 radical (unpaired) electrons. The number of nitrogens with two attached hydrogens (primary N) is 1. The number of aryl methyl sites for hydroxylation is 1. The Morgan fingerprint density at radius 1 is 1.41 bits per heavy atom. The first kappa shape index (κ1) is 13.7. The molecule has 0 saturated carbocycles. The maximum atomic E-state index is 11.5. The van der Waals surface area contributed by atoms with Gasteiger partial charge in [-0.2, -0.15) is 0 Å². The van der Waals surface area contributed by atoms with Gasteiger partial charge in [0.2, 0.25) is 5.91 Å². The summed E-state index contributed by atoms with van der Waals surface area (Å²) in [5.74, 6) is -0.0300. The van der Waals surface area contributed by atoms with Crippen molar-refractivity contribution in [3.63, 3.8) is 0 Å². The highest BCUT2D eigenvalue weighted by Crippen LogP contribution is 2.17. The summed E-state index contributed by atoms with van der Waals surface area (Å²) in [5.41, 5.74) is 8.48. The summed E-state index contributed by atoms with van der Waals surface area (Å²) in [5, 5.41) is 2.89. The highest BCUT2D eigenvalue weighted by molar-refractivity contribution is 5.91. The Labute approximate surface area is 103 Å². The van der Waals surface area contributed by atoms with E-state index in [1.807, 2.05) is 33.2 Å². The summed E-state index contributed by atoms with van der Waals surface area (Å²) in [7, 11) is 4.04. The van der Waals surface area contributed by atoms with Crippen LogP contribution < -0.4 is 11.1 Å². The van der Waals surface area contributed by atoms with Crippen molar-refractivity contribution in [2.45, 2.75) is 19.9 Å². The largest absolute Gasteiger partial charge is 0.330 e. The predicted molar refractivity (Wildman–Crippen MR) is 70.9 cm³/mol. The number of rotatable bonds is 5. The standard InChI is InChI=1S/C13H21N3O/c1-10-4-5-11(9-16(2)3)8-12(10)15-13(17)6-7-14/h4-5,8H,6-7,9,14H2,1-3H3,(H,15,17). The second kappa shape index (κ2) is 6.37. The predicted octanol–water partition coefficient (Wildman–Crippen LogP) is 1.34. The second-order valence-electron chi connectivity index (χ2n) is 4.47. The van der Waals surface area contributed by atoms with Gasteiger partial charge < -0.3 is 16.0 Å². The fraction of sp³-hybridized carbons (Fsp3) is 0.462. The summed E-state index contributed by atoms with van der Waals surface area (Å²) in [4.78, 5) is 13.6. The van der Waals surface area contributed by atoms with Crippen LogP contribution >= 0.6 is 0 Å². The van der Waals surface area contributed by atoms with E-state index in [2.05, 4.69) is 16.3 Å². The minimum atomic E-state index is -0.0300. The summed E-state index contributed by atoms with van der Waals surface area (Å²) in [6.45, 7) is 3.22. The molecule has 0 bridgehead atoms. The molecule has 0 atom stereocenters. The second-order valence-corrected chi connectivity index (χ2v) is 4.47. The molecule has 3 N–H and O–H groups in total. The van der Waals surface area contributed by atoms with Gasteiger partial charge in [-0.25, -0.2) is 0 Å². The number of carbonyl (C=O) groups excluding carboxylic acids is 1. The lowest BCUT2D eigenvalue weighted by atomic mass is 10.1. The normalized spacial score (nSPS) is 10.6. The Kier molecular flexibility index (Phi) is 5.12. The summed E-state index contributed by atoms with van der Waals surface area (Å²) in [6.07, 6.45) is 0.358. The van der Waals surface area contributed by atoms with E-state index in [9.17, 15) is 4.79 Å². The zero-order valence-electron chi connectivity index (χ0n) is 10.8. The van der Waals surface area contributed by atoms with Crippen molar-refractivity contribution in [3.05, 3.63) is 29.3 Å². The quantitative estimate of drug-likeness (QED) is 0.810. The summed E-state index contributed by atoms with van der Waals surface area (Å²) >= 11 is 0. The van der Waals surface area contributed by atoms with Crippen LogP contribution in [0.3, 0.4) is 0 Å². The van der Waals surface area contributed by atoms with Gasteiger partial charge in [-0.3, -0.25) is 4.79 Å². The van der Waals surface area contributed by atoms with E-state index in [0.717, 1.165) is 17.8 Å². The van der Waals surface area contributed by atoms with Gasteiger partial charge in [-0.1, -0.05) is 12.1 Å². The third kappa shape index (κ3) is 4.54. The molecule has 1 amide bonds. The van der Waals surface area contributed by atoms with Crippen LogP contribution in [-0.4, -0.2) is 31.4 Å². The fourth-order valence-corrected chi connectivity index (χ4v) is 1.61. The van der Waals surface area contributed by atoms with Crippen LogP contribution in [0.1, 0.15) is 17.5 Å². The van der Waals surface area contributed by atoms with Crippen LogP contribution in [0.2, 0.25) is 0 Å². The topological polar surface area (TPSA) is 58.4 Å². The average Bonchev–Trinajstić information content (AvgIpc) is 2.22. The molecule has 0 aromatic heterocycles. The number of amides is 1. The van der Waals surface area contributed by atoms with E-state index < -0.39 is 0 Å². The van der Waals surface area contributed by atoms with E-state index >= 15 is 0 Å². The molecule has 0 heterocycles. The average molecular weight is 235 g/mol. The van der Waals surface area contributed by atoms with Gasteiger partial charge >= 0.3 is 0 Å². The van der Waals surface area contributed by atoms with E-state index in [4.69, 9.17) is 5.73 Å². The first-order valence-corrected chi connectivity index (χ1v) is 5.77. The van der Waals surface area contributed by atoms with Gasteiger partial charge in [0.1, 0.15) is 0 Å². The van der Waals surface area contributed by atoms with Crippen LogP contribution in [-0.2, 0) is 11.3 Å². The number of benzene rings is 1. The summed E-state index contributed by atoms with van der Waals surface area (Å²) in [6, 6.07) is 6.12. The van der Waals surface area contributed by atoms with Crippen molar-refractivity contribution in [1.29, 1.82) is 0 Å². The molecule has 0 spiro atoms. The number of anilines is 1. The molecule has 94 valence electrons. The van der Waals surface area contributed by atoms with Gasteiger partial charge in [0.25, 0.3) is 0 Å². The SMILES string of the molecule is Cc1ccc(CN(C)C)cc1NC(=O)CCN. The molecule has 1 rings (SSSR count). The Morgan fingerprint density at radius 3 is 2.71 bits per heavy atom. The van der Waals surface area contributed by atoms with Gasteiger partial charge in [-0.05, 0) is 38.2 Å². The molecule has 0 aliphatic carbocycles. The smallest absolute Gasteiger partial charge is 0.225 e. The molecular weight excluding hydrogens is 214 g/mol. The lowest BCUT2D eigenvalue weighted by Gasteiger charge is -2.13. The molecule has 1 aromatic carbocycles. The molecule has 0 saturated heterocycles. The van der Waals surface area contributed by atoms with Crippen LogP contribution in [0.5, 0.6) is 0 Å². The van der Waals surface area contributed by atoms with E-state index in [1.54, 1.807) is 0 Å². The summed E-state index contributed by atoms with van der Waals surface area (Å²) < 4.78 is 0. The van der Waals surface area contributed by atoms with Crippen LogP contribution in [0.4, 0.5) is 5.69 Å². The molecule has 0 unspecified atom stereocenters. The Morgan fingerprint density at radius 2 is 2.12 bits per heavy atom. The first-order valence-electron chi connectivity index (χ1n) is 5.77. The van der Waals surface area contributed by atoms with Gasteiger partial charge in [0.15, 0.2) is 0 Å². The lowest BCUT2D eigenvalue weighted by Crippen LogP contribution is -2.17. The minimum absolute atomic E-state index is 0.0300. The molecule has 0 aliphatic heterocycles. The number of hydrogen-bond donors (Lipinski definition) is 2. The highest BCUT2D eigenvalue weighted by Gasteiger charge is 2.05. The molecule has 4 heteroatoms. The first-order chi connectivity index (χ1) is 8.02. The Balaban J connectivity index is 2.79. The zero-order chi connectivity index (χ0) is 12.8. The third-order valence-corrected chi connectivity index (χ3v) is 2.45. The molecule has 0 aliphatic rings. The third-order valence-electron chi connectivity index (χ3n) is 2.45. The maximum absolute atomic E-state index is 11.5. The van der Waals surface area contributed by atoms with Crippen molar-refractivity contribution in [2.75, 3.05) is 26.0 Å². The van der Waals surface area contributed by atoms with Gasteiger partial charge in [0.05, 0.1) is 0 Å². The number of hydrogen-bond acceptors (Lipinski definition) is 3. The number of nitrogens with zero attached hydrogens (tertiary/aromatic N) is 1. The maximum Gasteiger partial charge on any atom is 0.225 e. The van der Waals surface area contributed by atoms with Crippen LogP contribution in [0.25, 0.3) is 0 Å². The molecule has 17 heavy (non-hydrogen) atoms.